The predicted molar refractivity (Wildman–Crippen MR) is 95.9 cm³/mol. The number of para-hydroxylation sites is 1. The molecule has 2 amide bonds. The van der Waals surface area contributed by atoms with E-state index >= 15 is 0 Å². The van der Waals surface area contributed by atoms with E-state index in [-0.39, 0.29) is 6.03 Å². The number of rotatable bonds is 2. The van der Waals surface area contributed by atoms with Gasteiger partial charge in [-0.1, -0.05) is 23.5 Å². The number of carbonyl (C=O) groups is 1. The fraction of sp³-hybridized carbons (Fsp3) is 0.125. The van der Waals surface area contributed by atoms with E-state index in [1.165, 1.54) is 16.9 Å². The summed E-state index contributed by atoms with van der Waals surface area (Å²) in [4.78, 5) is 16.5. The number of amides is 2. The Hall–Kier alpha value is -1.92. The topological polar surface area (TPSA) is 54.0 Å². The quantitative estimate of drug-likeness (QED) is 0.636. The Bertz CT molecular complexity index is 860. The van der Waals surface area contributed by atoms with Gasteiger partial charge in [0.1, 0.15) is 0 Å². The molecule has 2 N–H and O–H groups in total. The maximum atomic E-state index is 12.1. The Labute approximate surface area is 140 Å². The highest BCUT2D eigenvalue weighted by atomic mass is 79.9. The van der Waals surface area contributed by atoms with Crippen LogP contribution >= 0.6 is 27.3 Å². The van der Waals surface area contributed by atoms with Crippen molar-refractivity contribution in [3.05, 3.63) is 52.0 Å². The highest BCUT2D eigenvalue weighted by Gasteiger charge is 2.10. The summed E-state index contributed by atoms with van der Waals surface area (Å²) < 4.78 is 1.94. The van der Waals surface area contributed by atoms with Crippen LogP contribution in [0, 0.1) is 13.8 Å². The Morgan fingerprint density at radius 2 is 1.95 bits per heavy atom. The van der Waals surface area contributed by atoms with Gasteiger partial charge in [-0.2, -0.15) is 0 Å². The molecule has 3 aromatic rings. The SMILES string of the molecule is Cc1ccc(NC(=O)Nc2nc3c(Br)cccc3s2)cc1C. The van der Waals surface area contributed by atoms with Crippen LogP contribution in [-0.4, -0.2) is 11.0 Å². The van der Waals surface area contributed by atoms with Gasteiger partial charge in [-0.25, -0.2) is 9.78 Å². The van der Waals surface area contributed by atoms with E-state index in [4.69, 9.17) is 0 Å². The molecule has 0 unspecified atom stereocenters. The lowest BCUT2D eigenvalue weighted by Gasteiger charge is -2.07. The molecule has 0 spiro atoms. The Morgan fingerprint density at radius 3 is 2.68 bits per heavy atom. The lowest BCUT2D eigenvalue weighted by atomic mass is 10.1. The van der Waals surface area contributed by atoms with Gasteiger partial charge in [0.15, 0.2) is 5.13 Å². The van der Waals surface area contributed by atoms with Gasteiger partial charge >= 0.3 is 6.03 Å². The Balaban J connectivity index is 1.75. The zero-order chi connectivity index (χ0) is 15.7. The number of hydrogen-bond acceptors (Lipinski definition) is 3. The second-order valence-electron chi connectivity index (χ2n) is 4.98. The third-order valence-corrected chi connectivity index (χ3v) is 4.93. The highest BCUT2D eigenvalue weighted by Crippen LogP contribution is 2.30. The van der Waals surface area contributed by atoms with Gasteiger partial charge in [0, 0.05) is 10.2 Å². The van der Waals surface area contributed by atoms with Crippen molar-refractivity contribution in [3.63, 3.8) is 0 Å². The van der Waals surface area contributed by atoms with E-state index in [0.29, 0.717) is 5.13 Å². The summed E-state index contributed by atoms with van der Waals surface area (Å²) in [5.41, 5.74) is 3.96. The first-order valence-electron chi connectivity index (χ1n) is 6.73. The van der Waals surface area contributed by atoms with E-state index in [0.717, 1.165) is 25.9 Å². The molecule has 0 saturated carbocycles. The predicted octanol–water partition coefficient (Wildman–Crippen LogP) is 5.32. The molecule has 0 saturated heterocycles. The third kappa shape index (κ3) is 3.13. The van der Waals surface area contributed by atoms with Crippen molar-refractivity contribution in [2.45, 2.75) is 13.8 Å². The van der Waals surface area contributed by atoms with Crippen LogP contribution in [-0.2, 0) is 0 Å². The van der Waals surface area contributed by atoms with Gasteiger partial charge in [-0.3, -0.25) is 5.32 Å². The molecule has 0 aliphatic heterocycles. The van der Waals surface area contributed by atoms with Crippen molar-refractivity contribution in [1.82, 2.24) is 4.98 Å². The first-order valence-corrected chi connectivity index (χ1v) is 8.34. The van der Waals surface area contributed by atoms with Crippen molar-refractivity contribution in [2.24, 2.45) is 0 Å². The lowest BCUT2D eigenvalue weighted by molar-refractivity contribution is 0.262. The molecule has 0 atom stereocenters. The van der Waals surface area contributed by atoms with Crippen LogP contribution in [0.4, 0.5) is 15.6 Å². The van der Waals surface area contributed by atoms with Crippen molar-refractivity contribution in [3.8, 4) is 0 Å². The minimum atomic E-state index is -0.293. The van der Waals surface area contributed by atoms with Crippen LogP contribution in [0.1, 0.15) is 11.1 Å². The number of anilines is 2. The van der Waals surface area contributed by atoms with Crippen molar-refractivity contribution >= 4 is 54.3 Å². The average Bonchev–Trinajstić information content (AvgIpc) is 2.87. The van der Waals surface area contributed by atoms with Gasteiger partial charge in [0.05, 0.1) is 10.2 Å². The molecule has 6 heteroatoms. The van der Waals surface area contributed by atoms with Gasteiger partial charge in [0.25, 0.3) is 0 Å². The number of fused-ring (bicyclic) bond motifs is 1. The summed E-state index contributed by atoms with van der Waals surface area (Å²) in [6.07, 6.45) is 0. The smallest absolute Gasteiger partial charge is 0.308 e. The number of aryl methyl sites for hydroxylation is 2. The number of nitrogens with zero attached hydrogens (tertiary/aromatic N) is 1. The summed E-state index contributed by atoms with van der Waals surface area (Å²) >= 11 is 4.90. The van der Waals surface area contributed by atoms with Gasteiger partial charge < -0.3 is 5.32 Å². The summed E-state index contributed by atoms with van der Waals surface area (Å²) in [5, 5.41) is 6.17. The second kappa shape index (κ2) is 6.06. The van der Waals surface area contributed by atoms with Gasteiger partial charge in [-0.15, -0.1) is 0 Å². The maximum Gasteiger partial charge on any atom is 0.325 e. The minimum absolute atomic E-state index is 0.293. The molecular formula is C16H14BrN3OS. The van der Waals surface area contributed by atoms with E-state index in [2.05, 4.69) is 31.5 Å². The standard InChI is InChI=1S/C16H14BrN3OS/c1-9-6-7-11(8-10(9)2)18-15(21)20-16-19-14-12(17)4-3-5-13(14)22-16/h3-8H,1-2H3,(H2,18,19,20,21). The van der Waals surface area contributed by atoms with Gasteiger partial charge in [0.2, 0.25) is 0 Å². The van der Waals surface area contributed by atoms with Crippen LogP contribution in [0.3, 0.4) is 0 Å². The largest absolute Gasteiger partial charge is 0.325 e. The molecule has 4 nitrogen and oxygen atoms in total. The van der Waals surface area contributed by atoms with E-state index < -0.39 is 0 Å². The van der Waals surface area contributed by atoms with E-state index in [9.17, 15) is 4.79 Å². The Morgan fingerprint density at radius 1 is 1.14 bits per heavy atom. The molecule has 112 valence electrons. The molecule has 1 aromatic heterocycles. The zero-order valence-electron chi connectivity index (χ0n) is 12.1. The monoisotopic (exact) mass is 375 g/mol. The molecule has 0 aliphatic carbocycles. The van der Waals surface area contributed by atoms with Crippen molar-refractivity contribution in [2.75, 3.05) is 10.6 Å². The number of benzene rings is 2. The summed E-state index contributed by atoms with van der Waals surface area (Å²) in [6.45, 7) is 4.06. The van der Waals surface area contributed by atoms with E-state index in [1.807, 2.05) is 50.2 Å². The highest BCUT2D eigenvalue weighted by molar-refractivity contribution is 9.10. The molecule has 0 aliphatic rings. The van der Waals surface area contributed by atoms with Crippen LogP contribution in [0.2, 0.25) is 0 Å². The summed E-state index contributed by atoms with van der Waals surface area (Å²) in [5.74, 6) is 0. The molecule has 0 fully saturated rings. The second-order valence-corrected chi connectivity index (χ2v) is 6.87. The van der Waals surface area contributed by atoms with Crippen LogP contribution in [0.5, 0.6) is 0 Å². The first-order chi connectivity index (χ1) is 10.5. The summed E-state index contributed by atoms with van der Waals surface area (Å²) in [6, 6.07) is 11.4. The molecular weight excluding hydrogens is 362 g/mol. The van der Waals surface area contributed by atoms with Crippen LogP contribution in [0.15, 0.2) is 40.9 Å². The maximum absolute atomic E-state index is 12.1. The molecule has 22 heavy (non-hydrogen) atoms. The normalized spacial score (nSPS) is 10.7. The molecule has 0 radical (unpaired) electrons. The van der Waals surface area contributed by atoms with Crippen LogP contribution < -0.4 is 10.6 Å². The average molecular weight is 376 g/mol. The number of halogens is 1. The lowest BCUT2D eigenvalue weighted by Crippen LogP contribution is -2.19. The number of urea groups is 1. The number of carbonyl (C=O) groups excluding carboxylic acids is 1. The number of thiazole rings is 1. The zero-order valence-corrected chi connectivity index (χ0v) is 14.5. The van der Waals surface area contributed by atoms with Crippen molar-refractivity contribution in [1.29, 1.82) is 0 Å². The molecule has 3 rings (SSSR count). The molecule has 2 aromatic carbocycles. The number of hydrogen-bond donors (Lipinski definition) is 2. The first kappa shape index (κ1) is 15.0. The number of nitrogens with one attached hydrogen (secondary N) is 2. The third-order valence-electron chi connectivity index (χ3n) is 3.35. The number of aromatic nitrogens is 1. The minimum Gasteiger partial charge on any atom is -0.308 e. The van der Waals surface area contributed by atoms with Crippen LogP contribution in [0.25, 0.3) is 10.2 Å². The fourth-order valence-electron chi connectivity index (χ4n) is 2.05. The Kier molecular flexibility index (Phi) is 4.13. The van der Waals surface area contributed by atoms with E-state index in [1.54, 1.807) is 0 Å². The molecule has 0 bridgehead atoms. The molecule has 1 heterocycles. The summed E-state index contributed by atoms with van der Waals surface area (Å²) in [7, 11) is 0. The fourth-order valence-corrected chi connectivity index (χ4v) is 3.52. The van der Waals surface area contributed by atoms with Gasteiger partial charge in [-0.05, 0) is 65.2 Å². The van der Waals surface area contributed by atoms with Crippen molar-refractivity contribution < 1.29 is 4.79 Å².